The molecule has 0 spiro atoms. The Balaban J connectivity index is 1.56. The number of aryl methyl sites for hydroxylation is 3. The second-order valence-corrected chi connectivity index (χ2v) is 6.83. The van der Waals surface area contributed by atoms with E-state index in [2.05, 4.69) is 4.98 Å². The van der Waals surface area contributed by atoms with E-state index in [0.717, 1.165) is 22.5 Å². The molecule has 1 saturated heterocycles. The molecule has 1 aromatic heterocycles. The zero-order chi connectivity index (χ0) is 18.0. The molecule has 0 radical (unpaired) electrons. The summed E-state index contributed by atoms with van der Waals surface area (Å²) >= 11 is 0. The molecule has 0 aliphatic carbocycles. The number of H-pyrrole nitrogens is 1. The number of nitrogens with one attached hydrogen (secondary N) is 1. The zero-order valence-electron chi connectivity index (χ0n) is 15.1. The van der Waals surface area contributed by atoms with Crippen LogP contribution in [0.25, 0.3) is 0 Å². The number of piperazine rings is 1. The molecule has 0 unspecified atom stereocenters. The summed E-state index contributed by atoms with van der Waals surface area (Å²) in [4.78, 5) is 32.0. The maximum absolute atomic E-state index is 12.6. The smallest absolute Gasteiger partial charge is 0.255 e. The number of hydrogen-bond donors (Lipinski definition) is 1. The molecule has 0 atom stereocenters. The number of amides is 2. The van der Waals surface area contributed by atoms with Crippen molar-refractivity contribution in [2.24, 2.45) is 0 Å². The van der Waals surface area contributed by atoms with E-state index in [1.54, 1.807) is 0 Å². The Bertz CT molecular complexity index is 769. The summed E-state index contributed by atoms with van der Waals surface area (Å²) in [6.45, 7) is 8.27. The van der Waals surface area contributed by atoms with Gasteiger partial charge in [-0.1, -0.05) is 29.8 Å². The number of rotatable bonds is 3. The van der Waals surface area contributed by atoms with Crippen molar-refractivity contribution in [3.05, 3.63) is 58.4 Å². The number of carbonyl (C=O) groups is 2. The Morgan fingerprint density at radius 1 is 0.960 bits per heavy atom. The van der Waals surface area contributed by atoms with Gasteiger partial charge in [-0.2, -0.15) is 0 Å². The van der Waals surface area contributed by atoms with Gasteiger partial charge in [-0.3, -0.25) is 9.59 Å². The van der Waals surface area contributed by atoms with Crippen molar-refractivity contribution in [2.45, 2.75) is 27.2 Å². The third-order valence-electron chi connectivity index (χ3n) is 4.78. The lowest BCUT2D eigenvalue weighted by Gasteiger charge is -2.35. The molecule has 1 aromatic carbocycles. The Labute approximate surface area is 148 Å². The quantitative estimate of drug-likeness (QED) is 0.934. The molecule has 2 heterocycles. The SMILES string of the molecule is Cc1ccc(CC(=O)N2CCN(C(=O)c3cc(C)[nH]c3C)CC2)cc1. The molecule has 0 saturated carbocycles. The first-order chi connectivity index (χ1) is 11.9. The highest BCUT2D eigenvalue weighted by Crippen LogP contribution is 2.15. The van der Waals surface area contributed by atoms with Crippen LogP contribution < -0.4 is 0 Å². The predicted octanol–water partition coefficient (Wildman–Crippen LogP) is 2.47. The van der Waals surface area contributed by atoms with Crippen LogP contribution in [-0.4, -0.2) is 52.8 Å². The van der Waals surface area contributed by atoms with E-state index in [-0.39, 0.29) is 11.8 Å². The number of aromatic amines is 1. The van der Waals surface area contributed by atoms with Crippen molar-refractivity contribution in [3.8, 4) is 0 Å². The first-order valence-corrected chi connectivity index (χ1v) is 8.73. The van der Waals surface area contributed by atoms with E-state index < -0.39 is 0 Å². The van der Waals surface area contributed by atoms with Crippen molar-refractivity contribution < 1.29 is 9.59 Å². The number of aromatic nitrogens is 1. The van der Waals surface area contributed by atoms with Crippen molar-refractivity contribution in [3.63, 3.8) is 0 Å². The second kappa shape index (κ2) is 7.13. The van der Waals surface area contributed by atoms with E-state index in [1.807, 2.05) is 60.9 Å². The van der Waals surface area contributed by atoms with Gasteiger partial charge in [0.25, 0.3) is 5.91 Å². The molecular weight excluding hydrogens is 314 g/mol. The predicted molar refractivity (Wildman–Crippen MR) is 97.6 cm³/mol. The van der Waals surface area contributed by atoms with Gasteiger partial charge in [0.15, 0.2) is 0 Å². The highest BCUT2D eigenvalue weighted by Gasteiger charge is 2.26. The molecule has 1 N–H and O–H groups in total. The highest BCUT2D eigenvalue weighted by molar-refractivity contribution is 5.95. The molecule has 5 nitrogen and oxygen atoms in total. The summed E-state index contributed by atoms with van der Waals surface area (Å²) in [6.07, 6.45) is 0.421. The summed E-state index contributed by atoms with van der Waals surface area (Å²) < 4.78 is 0. The van der Waals surface area contributed by atoms with Crippen LogP contribution in [0.1, 0.15) is 32.9 Å². The first-order valence-electron chi connectivity index (χ1n) is 8.73. The standard InChI is InChI=1S/C20H25N3O2/c1-14-4-6-17(7-5-14)13-19(24)22-8-10-23(11-9-22)20(25)18-12-15(2)21-16(18)3/h4-7,12,21H,8-11,13H2,1-3H3. The average molecular weight is 339 g/mol. The molecule has 5 heteroatoms. The van der Waals surface area contributed by atoms with Crippen LogP contribution in [0.3, 0.4) is 0 Å². The average Bonchev–Trinajstić information content (AvgIpc) is 2.94. The lowest BCUT2D eigenvalue weighted by molar-refractivity contribution is -0.131. The van der Waals surface area contributed by atoms with Gasteiger partial charge < -0.3 is 14.8 Å². The minimum absolute atomic E-state index is 0.0486. The van der Waals surface area contributed by atoms with E-state index in [9.17, 15) is 9.59 Å². The monoisotopic (exact) mass is 339 g/mol. The Morgan fingerprint density at radius 3 is 2.12 bits per heavy atom. The lowest BCUT2D eigenvalue weighted by atomic mass is 10.1. The van der Waals surface area contributed by atoms with Crippen molar-refractivity contribution in [2.75, 3.05) is 26.2 Å². The Morgan fingerprint density at radius 2 is 1.56 bits per heavy atom. The topological polar surface area (TPSA) is 56.4 Å². The van der Waals surface area contributed by atoms with Crippen LogP contribution >= 0.6 is 0 Å². The summed E-state index contributed by atoms with van der Waals surface area (Å²) in [5.41, 5.74) is 4.86. The van der Waals surface area contributed by atoms with Crippen molar-refractivity contribution in [1.82, 2.24) is 14.8 Å². The summed E-state index contributed by atoms with van der Waals surface area (Å²) in [7, 11) is 0. The molecular formula is C20H25N3O2. The molecule has 3 rings (SSSR count). The van der Waals surface area contributed by atoms with Gasteiger partial charge in [-0.05, 0) is 32.4 Å². The molecule has 1 fully saturated rings. The fourth-order valence-electron chi connectivity index (χ4n) is 3.27. The molecule has 132 valence electrons. The van der Waals surface area contributed by atoms with Gasteiger partial charge in [0.2, 0.25) is 5.91 Å². The third-order valence-corrected chi connectivity index (χ3v) is 4.78. The minimum atomic E-state index is 0.0486. The molecule has 1 aliphatic rings. The fraction of sp³-hybridized carbons (Fsp3) is 0.400. The minimum Gasteiger partial charge on any atom is -0.362 e. The number of hydrogen-bond acceptors (Lipinski definition) is 2. The summed E-state index contributed by atoms with van der Waals surface area (Å²) in [5.74, 6) is 0.178. The van der Waals surface area contributed by atoms with Gasteiger partial charge in [-0.15, -0.1) is 0 Å². The van der Waals surface area contributed by atoms with Gasteiger partial charge in [0.05, 0.1) is 12.0 Å². The molecule has 0 bridgehead atoms. The van der Waals surface area contributed by atoms with E-state index in [4.69, 9.17) is 0 Å². The number of nitrogens with zero attached hydrogens (tertiary/aromatic N) is 2. The van der Waals surface area contributed by atoms with Gasteiger partial charge >= 0.3 is 0 Å². The van der Waals surface area contributed by atoms with Crippen molar-refractivity contribution >= 4 is 11.8 Å². The maximum Gasteiger partial charge on any atom is 0.255 e. The number of carbonyl (C=O) groups excluding carboxylic acids is 2. The summed E-state index contributed by atoms with van der Waals surface area (Å²) in [6, 6.07) is 9.96. The number of benzene rings is 1. The fourth-order valence-corrected chi connectivity index (χ4v) is 3.27. The van der Waals surface area contributed by atoms with Gasteiger partial charge in [0, 0.05) is 37.6 Å². The third kappa shape index (κ3) is 3.92. The molecule has 2 amide bonds. The zero-order valence-corrected chi connectivity index (χ0v) is 15.1. The summed E-state index contributed by atoms with van der Waals surface area (Å²) in [5, 5.41) is 0. The van der Waals surface area contributed by atoms with Crippen LogP contribution in [-0.2, 0) is 11.2 Å². The maximum atomic E-state index is 12.6. The van der Waals surface area contributed by atoms with Crippen LogP contribution in [0, 0.1) is 20.8 Å². The van der Waals surface area contributed by atoms with Crippen LogP contribution in [0.5, 0.6) is 0 Å². The van der Waals surface area contributed by atoms with Gasteiger partial charge in [0.1, 0.15) is 0 Å². The Kier molecular flexibility index (Phi) is 4.93. The van der Waals surface area contributed by atoms with Crippen LogP contribution in [0.2, 0.25) is 0 Å². The van der Waals surface area contributed by atoms with Gasteiger partial charge in [-0.25, -0.2) is 0 Å². The second-order valence-electron chi connectivity index (χ2n) is 6.83. The first kappa shape index (κ1) is 17.3. The normalized spacial score (nSPS) is 14.7. The van der Waals surface area contributed by atoms with E-state index >= 15 is 0 Å². The highest BCUT2D eigenvalue weighted by atomic mass is 16.2. The van der Waals surface area contributed by atoms with E-state index in [1.165, 1.54) is 5.56 Å². The van der Waals surface area contributed by atoms with Crippen LogP contribution in [0.4, 0.5) is 0 Å². The van der Waals surface area contributed by atoms with Crippen LogP contribution in [0.15, 0.2) is 30.3 Å². The molecule has 25 heavy (non-hydrogen) atoms. The van der Waals surface area contributed by atoms with E-state index in [0.29, 0.717) is 32.6 Å². The molecule has 1 aliphatic heterocycles. The molecule has 2 aromatic rings. The Hall–Kier alpha value is -2.56. The van der Waals surface area contributed by atoms with Crippen molar-refractivity contribution in [1.29, 1.82) is 0 Å². The lowest BCUT2D eigenvalue weighted by Crippen LogP contribution is -2.51. The largest absolute Gasteiger partial charge is 0.362 e.